The minimum atomic E-state index is -0.294. The Hall–Kier alpha value is -1.47. The molecule has 7 nitrogen and oxygen atoms in total. The van der Waals surface area contributed by atoms with Gasteiger partial charge in [-0.1, -0.05) is 5.21 Å². The molecule has 0 radical (unpaired) electrons. The van der Waals surface area contributed by atoms with Crippen LogP contribution >= 0.6 is 0 Å². The van der Waals surface area contributed by atoms with Crippen molar-refractivity contribution in [2.45, 2.75) is 25.4 Å². The van der Waals surface area contributed by atoms with Crippen molar-refractivity contribution in [1.29, 1.82) is 0 Å². The largest absolute Gasteiger partial charge is 0.369 e. The average molecular weight is 252 g/mol. The zero-order chi connectivity index (χ0) is 13.0. The quantitative estimate of drug-likeness (QED) is 0.691. The van der Waals surface area contributed by atoms with Crippen LogP contribution in [0.4, 0.5) is 0 Å². The summed E-state index contributed by atoms with van der Waals surface area (Å²) in [5.74, 6) is -0.294. The van der Waals surface area contributed by atoms with Crippen molar-refractivity contribution in [3.05, 3.63) is 11.9 Å². The molecule has 3 N–H and O–H groups in total. The van der Waals surface area contributed by atoms with Crippen molar-refractivity contribution >= 4 is 5.91 Å². The molecule has 100 valence electrons. The van der Waals surface area contributed by atoms with Gasteiger partial charge in [0.2, 0.25) is 5.91 Å². The molecule has 1 amide bonds. The predicted octanol–water partition coefficient (Wildman–Crippen LogP) is -1.15. The number of carbonyl (C=O) groups excluding carboxylic acids is 1. The average Bonchev–Trinajstić information content (AvgIpc) is 2.75. The smallest absolute Gasteiger partial charge is 0.231 e. The van der Waals surface area contributed by atoms with Gasteiger partial charge in [-0.25, -0.2) is 0 Å². The molecular formula is C11H20N6O. The first-order chi connectivity index (χ1) is 8.65. The molecule has 0 atom stereocenters. The lowest BCUT2D eigenvalue weighted by atomic mass is 10.0. The lowest BCUT2D eigenvalue weighted by molar-refractivity contribution is -0.120. The molecule has 7 heteroatoms. The summed E-state index contributed by atoms with van der Waals surface area (Å²) < 4.78 is 1.67. The molecule has 2 rings (SSSR count). The maximum absolute atomic E-state index is 11.2. The van der Waals surface area contributed by atoms with Crippen LogP contribution in [0.5, 0.6) is 0 Å². The van der Waals surface area contributed by atoms with Gasteiger partial charge < -0.3 is 11.1 Å². The predicted molar refractivity (Wildman–Crippen MR) is 66.5 cm³/mol. The molecule has 1 aliphatic rings. The molecule has 0 aromatic carbocycles. The third-order valence-electron chi connectivity index (χ3n) is 3.20. The third-order valence-corrected chi connectivity index (χ3v) is 3.20. The Morgan fingerprint density at radius 3 is 2.89 bits per heavy atom. The number of nitrogens with one attached hydrogen (secondary N) is 1. The first-order valence-corrected chi connectivity index (χ1v) is 6.23. The van der Waals surface area contributed by atoms with Crippen LogP contribution in [0.25, 0.3) is 0 Å². The highest BCUT2D eigenvalue weighted by atomic mass is 16.1. The fourth-order valence-electron chi connectivity index (χ4n) is 2.36. The fourth-order valence-corrected chi connectivity index (χ4v) is 2.36. The van der Waals surface area contributed by atoms with Crippen molar-refractivity contribution < 1.29 is 4.79 Å². The van der Waals surface area contributed by atoms with E-state index >= 15 is 0 Å². The third kappa shape index (κ3) is 3.51. The number of aromatic nitrogens is 3. The Kier molecular flexibility index (Phi) is 4.27. The number of primary amides is 1. The summed E-state index contributed by atoms with van der Waals surface area (Å²) in [6.45, 7) is 2.88. The van der Waals surface area contributed by atoms with Crippen LogP contribution in [-0.4, -0.2) is 51.5 Å². The number of amides is 1. The Morgan fingerprint density at radius 2 is 2.33 bits per heavy atom. The van der Waals surface area contributed by atoms with Crippen LogP contribution in [0.15, 0.2) is 6.20 Å². The van der Waals surface area contributed by atoms with Crippen molar-refractivity contribution in [3.63, 3.8) is 0 Å². The van der Waals surface area contributed by atoms with Crippen LogP contribution in [0, 0.1) is 0 Å². The normalized spacial score (nSPS) is 17.2. The van der Waals surface area contributed by atoms with E-state index in [1.807, 2.05) is 13.2 Å². The van der Waals surface area contributed by atoms with Gasteiger partial charge in [-0.2, -0.15) is 0 Å². The van der Waals surface area contributed by atoms with Crippen molar-refractivity contribution in [2.75, 3.05) is 19.6 Å². The summed E-state index contributed by atoms with van der Waals surface area (Å²) in [6.07, 6.45) is 3.94. The molecule has 1 fully saturated rings. The van der Waals surface area contributed by atoms with E-state index in [0.29, 0.717) is 12.6 Å². The van der Waals surface area contributed by atoms with E-state index in [-0.39, 0.29) is 12.5 Å². The van der Waals surface area contributed by atoms with Gasteiger partial charge in [0.05, 0.1) is 12.2 Å². The van der Waals surface area contributed by atoms with Crippen molar-refractivity contribution in [3.8, 4) is 0 Å². The molecule has 1 aromatic heterocycles. The second-order valence-electron chi connectivity index (χ2n) is 4.74. The minimum Gasteiger partial charge on any atom is -0.369 e. The topological polar surface area (TPSA) is 89.1 Å². The highest BCUT2D eigenvalue weighted by molar-refractivity contribution is 5.75. The molecule has 1 saturated heterocycles. The molecule has 1 aromatic rings. The summed E-state index contributed by atoms with van der Waals surface area (Å²) in [5, 5.41) is 11.3. The van der Waals surface area contributed by atoms with Crippen LogP contribution < -0.4 is 11.1 Å². The number of aryl methyl sites for hydroxylation is 1. The lowest BCUT2D eigenvalue weighted by Gasteiger charge is -2.33. The monoisotopic (exact) mass is 252 g/mol. The number of nitrogens with zero attached hydrogens (tertiary/aromatic N) is 4. The van der Waals surface area contributed by atoms with Gasteiger partial charge in [0.15, 0.2) is 0 Å². The van der Waals surface area contributed by atoms with Crippen LogP contribution in [0.1, 0.15) is 18.5 Å². The standard InChI is InChI=1S/C11H20N6O/c1-16-6-9(14-15-16)7-17(8-11(12)18)10-2-4-13-5-3-10/h6,10,13H,2-5,7-8H2,1H3,(H2,12,18). The maximum Gasteiger partial charge on any atom is 0.231 e. The van der Waals surface area contributed by atoms with Gasteiger partial charge in [0, 0.05) is 25.8 Å². The number of carbonyl (C=O) groups is 1. The van der Waals surface area contributed by atoms with Crippen LogP contribution in [0.2, 0.25) is 0 Å². The Bertz CT molecular complexity index is 398. The SMILES string of the molecule is Cn1cc(CN(CC(N)=O)C2CCNCC2)nn1. The second-order valence-corrected chi connectivity index (χ2v) is 4.74. The summed E-state index contributed by atoms with van der Waals surface area (Å²) in [4.78, 5) is 13.3. The van der Waals surface area contributed by atoms with Gasteiger partial charge >= 0.3 is 0 Å². The highest BCUT2D eigenvalue weighted by Crippen LogP contribution is 2.14. The first kappa shape index (κ1) is 13.0. The molecule has 0 aliphatic carbocycles. The molecule has 0 bridgehead atoms. The van der Waals surface area contributed by atoms with E-state index < -0.39 is 0 Å². The zero-order valence-electron chi connectivity index (χ0n) is 10.7. The number of piperidine rings is 1. The minimum absolute atomic E-state index is 0.279. The van der Waals surface area contributed by atoms with Crippen LogP contribution in [-0.2, 0) is 18.4 Å². The second kappa shape index (κ2) is 5.92. The summed E-state index contributed by atoms with van der Waals surface area (Å²) in [7, 11) is 1.83. The van der Waals surface area contributed by atoms with E-state index in [4.69, 9.17) is 5.73 Å². The fraction of sp³-hybridized carbons (Fsp3) is 0.727. The van der Waals surface area contributed by atoms with Gasteiger partial charge in [-0.3, -0.25) is 14.4 Å². The Labute approximate surface area is 106 Å². The molecule has 2 heterocycles. The van der Waals surface area contributed by atoms with E-state index in [9.17, 15) is 4.79 Å². The summed E-state index contributed by atoms with van der Waals surface area (Å²) in [6, 6.07) is 0.390. The number of hydrogen-bond acceptors (Lipinski definition) is 5. The Morgan fingerprint density at radius 1 is 1.61 bits per heavy atom. The summed E-state index contributed by atoms with van der Waals surface area (Å²) in [5.41, 5.74) is 6.19. The van der Waals surface area contributed by atoms with Gasteiger partial charge in [0.25, 0.3) is 0 Å². The van der Waals surface area contributed by atoms with Gasteiger partial charge in [-0.15, -0.1) is 5.10 Å². The Balaban J connectivity index is 2.01. The van der Waals surface area contributed by atoms with E-state index in [1.165, 1.54) is 0 Å². The van der Waals surface area contributed by atoms with E-state index in [2.05, 4.69) is 20.5 Å². The molecule has 0 saturated carbocycles. The molecular weight excluding hydrogens is 232 g/mol. The van der Waals surface area contributed by atoms with E-state index in [0.717, 1.165) is 31.6 Å². The van der Waals surface area contributed by atoms with E-state index in [1.54, 1.807) is 4.68 Å². The first-order valence-electron chi connectivity index (χ1n) is 6.23. The molecule has 18 heavy (non-hydrogen) atoms. The van der Waals surface area contributed by atoms with Crippen LogP contribution in [0.3, 0.4) is 0 Å². The highest BCUT2D eigenvalue weighted by Gasteiger charge is 2.23. The molecule has 0 unspecified atom stereocenters. The van der Waals surface area contributed by atoms with Gasteiger partial charge in [0.1, 0.15) is 0 Å². The van der Waals surface area contributed by atoms with Crippen molar-refractivity contribution in [2.24, 2.45) is 12.8 Å². The number of rotatable bonds is 5. The lowest BCUT2D eigenvalue weighted by Crippen LogP contribution is -2.46. The summed E-state index contributed by atoms with van der Waals surface area (Å²) >= 11 is 0. The molecule has 1 aliphatic heterocycles. The van der Waals surface area contributed by atoms with Crippen molar-refractivity contribution in [1.82, 2.24) is 25.2 Å². The zero-order valence-corrected chi connectivity index (χ0v) is 10.7. The number of hydrogen-bond donors (Lipinski definition) is 2. The molecule has 0 spiro atoms. The maximum atomic E-state index is 11.2. The van der Waals surface area contributed by atoms with Gasteiger partial charge in [-0.05, 0) is 25.9 Å². The number of nitrogens with two attached hydrogens (primary N) is 1.